The number of nitrogens with one attached hydrogen (secondary N) is 1. The highest BCUT2D eigenvalue weighted by molar-refractivity contribution is 7.98. The second-order valence-corrected chi connectivity index (χ2v) is 11.0. The van der Waals surface area contributed by atoms with Crippen molar-refractivity contribution in [1.82, 2.24) is 9.88 Å². The molecule has 2 heterocycles. The lowest BCUT2D eigenvalue weighted by Crippen LogP contribution is -2.46. The first-order valence-corrected chi connectivity index (χ1v) is 13.2. The molecule has 1 saturated heterocycles. The molecule has 0 aliphatic carbocycles. The summed E-state index contributed by atoms with van der Waals surface area (Å²) < 4.78 is 23.7. The van der Waals surface area contributed by atoms with Gasteiger partial charge in [-0.15, -0.1) is 11.8 Å². The average Bonchev–Trinajstić information content (AvgIpc) is 2.81. The van der Waals surface area contributed by atoms with Gasteiger partial charge in [0.1, 0.15) is 6.04 Å². The Labute approximate surface area is 193 Å². The van der Waals surface area contributed by atoms with E-state index in [0.29, 0.717) is 18.8 Å². The van der Waals surface area contributed by atoms with Crippen molar-refractivity contribution < 1.29 is 13.2 Å². The molecule has 4 rings (SSSR count). The van der Waals surface area contributed by atoms with Gasteiger partial charge in [-0.2, -0.15) is 0 Å². The van der Waals surface area contributed by atoms with Crippen molar-refractivity contribution in [2.24, 2.45) is 0 Å². The summed E-state index contributed by atoms with van der Waals surface area (Å²) in [5.74, 6) is 0.818. The molecule has 1 aliphatic heterocycles. The van der Waals surface area contributed by atoms with Gasteiger partial charge < -0.3 is 5.32 Å². The van der Waals surface area contributed by atoms with Crippen LogP contribution in [0.3, 0.4) is 0 Å². The van der Waals surface area contributed by atoms with Crippen LogP contribution in [0.4, 0.5) is 5.69 Å². The highest BCUT2D eigenvalue weighted by atomic mass is 32.2. The first-order valence-electron chi connectivity index (χ1n) is 10.4. The highest BCUT2D eigenvalue weighted by Crippen LogP contribution is 2.27. The van der Waals surface area contributed by atoms with Gasteiger partial charge in [0, 0.05) is 41.8 Å². The van der Waals surface area contributed by atoms with Crippen molar-refractivity contribution in [1.29, 1.82) is 0 Å². The largest absolute Gasteiger partial charge is 0.324 e. The van der Waals surface area contributed by atoms with Gasteiger partial charge in [-0.1, -0.05) is 36.4 Å². The van der Waals surface area contributed by atoms with Gasteiger partial charge in [0.25, 0.3) is 0 Å². The van der Waals surface area contributed by atoms with Crippen LogP contribution < -0.4 is 5.32 Å². The SMILES string of the molecule is O=C(Nc1ccc(SCc2cccnc2)cc1)C(c1ccccc1)N1CCS(=O)(=O)CC1. The van der Waals surface area contributed by atoms with Crippen LogP contribution in [0.1, 0.15) is 17.2 Å². The maximum absolute atomic E-state index is 13.3. The molecule has 1 fully saturated rings. The Hall–Kier alpha value is -2.68. The molecule has 6 nitrogen and oxygen atoms in total. The molecule has 1 atom stereocenters. The molecule has 1 unspecified atom stereocenters. The molecule has 166 valence electrons. The Morgan fingerprint density at radius 2 is 1.72 bits per heavy atom. The Bertz CT molecular complexity index is 1120. The molecule has 1 amide bonds. The zero-order valence-electron chi connectivity index (χ0n) is 17.6. The predicted molar refractivity (Wildman–Crippen MR) is 128 cm³/mol. The smallest absolute Gasteiger partial charge is 0.246 e. The molecule has 32 heavy (non-hydrogen) atoms. The number of carbonyl (C=O) groups excluding carboxylic acids is 1. The Balaban J connectivity index is 1.43. The van der Waals surface area contributed by atoms with Gasteiger partial charge in [0.2, 0.25) is 5.91 Å². The third-order valence-electron chi connectivity index (χ3n) is 5.36. The molecule has 0 radical (unpaired) electrons. The number of sulfone groups is 1. The fraction of sp³-hybridized carbons (Fsp3) is 0.250. The monoisotopic (exact) mass is 467 g/mol. The van der Waals surface area contributed by atoms with Crippen molar-refractivity contribution in [3.63, 3.8) is 0 Å². The van der Waals surface area contributed by atoms with Crippen LogP contribution in [-0.4, -0.2) is 48.8 Å². The van der Waals surface area contributed by atoms with Crippen LogP contribution in [0.25, 0.3) is 0 Å². The minimum atomic E-state index is -3.03. The number of thioether (sulfide) groups is 1. The third-order valence-corrected chi connectivity index (χ3v) is 8.05. The van der Waals surface area contributed by atoms with E-state index in [2.05, 4.69) is 10.3 Å². The summed E-state index contributed by atoms with van der Waals surface area (Å²) in [5, 5.41) is 3.01. The van der Waals surface area contributed by atoms with E-state index in [9.17, 15) is 13.2 Å². The van der Waals surface area contributed by atoms with Crippen molar-refractivity contribution in [3.05, 3.63) is 90.3 Å². The lowest BCUT2D eigenvalue weighted by Gasteiger charge is -2.33. The summed E-state index contributed by atoms with van der Waals surface area (Å²) in [6.45, 7) is 0.693. The minimum absolute atomic E-state index is 0.0759. The number of hydrogen-bond acceptors (Lipinski definition) is 6. The summed E-state index contributed by atoms with van der Waals surface area (Å²) in [5.41, 5.74) is 2.73. The van der Waals surface area contributed by atoms with Crippen LogP contribution in [0, 0.1) is 0 Å². The summed E-state index contributed by atoms with van der Waals surface area (Å²) in [6.07, 6.45) is 3.62. The van der Waals surface area contributed by atoms with E-state index in [0.717, 1.165) is 21.8 Å². The van der Waals surface area contributed by atoms with E-state index in [1.54, 1.807) is 18.0 Å². The first kappa shape index (κ1) is 22.5. The number of nitrogens with zero attached hydrogens (tertiary/aromatic N) is 2. The van der Waals surface area contributed by atoms with Gasteiger partial charge in [-0.25, -0.2) is 8.42 Å². The quantitative estimate of drug-likeness (QED) is 0.533. The Morgan fingerprint density at radius 1 is 1.00 bits per heavy atom. The van der Waals surface area contributed by atoms with Crippen LogP contribution in [-0.2, 0) is 20.4 Å². The van der Waals surface area contributed by atoms with E-state index < -0.39 is 15.9 Å². The third kappa shape index (κ3) is 5.97. The van der Waals surface area contributed by atoms with Crippen LogP contribution in [0.15, 0.2) is 84.0 Å². The number of carbonyl (C=O) groups is 1. The molecule has 0 bridgehead atoms. The average molecular weight is 468 g/mol. The fourth-order valence-corrected chi connectivity index (χ4v) is 5.71. The second kappa shape index (κ2) is 10.3. The summed E-state index contributed by atoms with van der Waals surface area (Å²) in [7, 11) is -3.03. The van der Waals surface area contributed by atoms with E-state index in [4.69, 9.17) is 0 Å². The van der Waals surface area contributed by atoms with E-state index >= 15 is 0 Å². The number of aromatic nitrogens is 1. The number of rotatable bonds is 7. The number of benzene rings is 2. The molecule has 0 saturated carbocycles. The number of hydrogen-bond donors (Lipinski definition) is 1. The maximum Gasteiger partial charge on any atom is 0.246 e. The Morgan fingerprint density at radius 3 is 2.38 bits per heavy atom. The number of anilines is 1. The van der Waals surface area contributed by atoms with Crippen molar-refractivity contribution in [3.8, 4) is 0 Å². The maximum atomic E-state index is 13.3. The molecular formula is C24H25N3O3S2. The zero-order chi connectivity index (χ0) is 22.4. The van der Waals surface area contributed by atoms with Gasteiger partial charge in [0.05, 0.1) is 11.5 Å². The molecule has 3 aromatic rings. The molecular weight excluding hydrogens is 442 g/mol. The number of amides is 1. The van der Waals surface area contributed by atoms with Crippen LogP contribution in [0.2, 0.25) is 0 Å². The van der Waals surface area contributed by atoms with Gasteiger partial charge >= 0.3 is 0 Å². The number of pyridine rings is 1. The first-order chi connectivity index (χ1) is 15.5. The van der Waals surface area contributed by atoms with Crippen molar-refractivity contribution >= 4 is 33.2 Å². The minimum Gasteiger partial charge on any atom is -0.324 e. The molecule has 2 aromatic carbocycles. The Kier molecular flexibility index (Phi) is 7.24. The topological polar surface area (TPSA) is 79.4 Å². The summed E-state index contributed by atoms with van der Waals surface area (Å²) in [6, 6.07) is 20.7. The molecule has 1 N–H and O–H groups in total. The molecule has 1 aromatic heterocycles. The summed E-state index contributed by atoms with van der Waals surface area (Å²) in [4.78, 5) is 20.4. The van der Waals surface area contributed by atoms with E-state index in [-0.39, 0.29) is 17.4 Å². The standard InChI is InChI=1S/C24H25N3O3S2/c28-24(23(20-6-2-1-3-7-20)27-13-15-32(29,30)16-14-27)26-21-8-10-22(11-9-21)31-18-19-5-4-12-25-17-19/h1-12,17,23H,13-16,18H2,(H,26,28). The molecule has 8 heteroatoms. The molecule has 1 aliphatic rings. The lowest BCUT2D eigenvalue weighted by atomic mass is 10.0. The second-order valence-electron chi connectivity index (χ2n) is 7.66. The fourth-order valence-electron chi connectivity index (χ4n) is 3.64. The lowest BCUT2D eigenvalue weighted by molar-refractivity contribution is -0.121. The van der Waals surface area contributed by atoms with Crippen molar-refractivity contribution in [2.75, 3.05) is 29.9 Å². The zero-order valence-corrected chi connectivity index (χ0v) is 19.2. The molecule has 0 spiro atoms. The van der Waals surface area contributed by atoms with Crippen LogP contribution in [0.5, 0.6) is 0 Å². The highest BCUT2D eigenvalue weighted by Gasteiger charge is 2.32. The van der Waals surface area contributed by atoms with Gasteiger partial charge in [0.15, 0.2) is 9.84 Å². The normalized spacial score (nSPS) is 16.9. The van der Waals surface area contributed by atoms with E-state index in [1.165, 1.54) is 0 Å². The van der Waals surface area contributed by atoms with Crippen molar-refractivity contribution in [2.45, 2.75) is 16.7 Å². The van der Waals surface area contributed by atoms with Gasteiger partial charge in [-0.05, 0) is 41.5 Å². The summed E-state index contributed by atoms with van der Waals surface area (Å²) >= 11 is 1.71. The van der Waals surface area contributed by atoms with E-state index in [1.807, 2.05) is 77.8 Å². The van der Waals surface area contributed by atoms with Crippen LogP contribution >= 0.6 is 11.8 Å². The predicted octanol–water partition coefficient (Wildman–Crippen LogP) is 3.78. The van der Waals surface area contributed by atoms with Gasteiger partial charge in [-0.3, -0.25) is 14.7 Å².